The molecule has 0 aliphatic rings. The summed E-state index contributed by atoms with van der Waals surface area (Å²) in [6.45, 7) is 47.8. The standard InChI is InChI=1S/2C25H36F2O2Si.2C19H21ClF2O/c2*1-24(2,3)23(28-7)21-14-17(16-29-30(8,9)25(4,5)6)10-12-19(21)20-15-18(26)11-13-22(20)27;2*1-19(2,3)18(23-4)16-9-12(11-20)5-7-14(16)15-10-13(21)6-8-17(15)22/h2*10-15,23H,16H2,1-9H3;2*5-10,18H,11H2,1-4H3/t2*23-;2*18-/m1010/s1. The Morgan fingerprint density at radius 3 is 0.660 bits per heavy atom. The molecule has 0 amide bonds. The summed E-state index contributed by atoms with van der Waals surface area (Å²) in [4.78, 5) is 0. The van der Waals surface area contributed by atoms with E-state index in [1.807, 2.05) is 102 Å². The first-order valence-electron chi connectivity index (χ1n) is 35.7. The molecule has 8 aromatic carbocycles. The Kier molecular flexibility index (Phi) is 31.7. The van der Waals surface area contributed by atoms with Crippen LogP contribution in [0.5, 0.6) is 0 Å². The number of benzene rings is 8. The zero-order valence-electron chi connectivity index (χ0n) is 67.2. The van der Waals surface area contributed by atoms with Gasteiger partial charge in [0.1, 0.15) is 46.5 Å². The molecule has 8 rings (SSSR count). The second kappa shape index (κ2) is 37.1. The van der Waals surface area contributed by atoms with Crippen LogP contribution in [-0.4, -0.2) is 45.1 Å². The predicted octanol–water partition coefficient (Wildman–Crippen LogP) is 28.0. The van der Waals surface area contributed by atoms with Crippen molar-refractivity contribution in [2.24, 2.45) is 21.7 Å². The fourth-order valence-electron chi connectivity index (χ4n) is 12.2. The minimum atomic E-state index is -1.91. The highest BCUT2D eigenvalue weighted by atomic mass is 35.5. The largest absolute Gasteiger partial charge is 0.413 e. The Morgan fingerprint density at radius 1 is 0.283 bits per heavy atom. The van der Waals surface area contributed by atoms with Gasteiger partial charge in [-0.1, -0.05) is 197 Å². The zero-order valence-corrected chi connectivity index (χ0v) is 70.7. The van der Waals surface area contributed by atoms with Crippen LogP contribution in [0.25, 0.3) is 44.5 Å². The molecule has 0 aliphatic heterocycles. The minimum absolute atomic E-state index is 0.112. The smallest absolute Gasteiger partial charge is 0.192 e. The van der Waals surface area contributed by atoms with Gasteiger partial charge in [-0.15, -0.1) is 23.2 Å². The van der Waals surface area contributed by atoms with E-state index in [0.717, 1.165) is 80.9 Å². The maximum Gasteiger partial charge on any atom is 0.192 e. The van der Waals surface area contributed by atoms with E-state index < -0.39 is 63.2 Å². The summed E-state index contributed by atoms with van der Waals surface area (Å²) in [5, 5.41) is 0.224. The lowest BCUT2D eigenvalue weighted by Crippen LogP contribution is -2.40. The highest BCUT2D eigenvalue weighted by molar-refractivity contribution is 6.74. The quantitative estimate of drug-likeness (QED) is 0.0431. The van der Waals surface area contributed by atoms with Gasteiger partial charge < -0.3 is 27.8 Å². The number of halogens is 10. The van der Waals surface area contributed by atoms with Gasteiger partial charge in [-0.05, 0) is 197 Å². The van der Waals surface area contributed by atoms with Crippen LogP contribution in [0.15, 0.2) is 146 Å². The van der Waals surface area contributed by atoms with Gasteiger partial charge in [-0.25, -0.2) is 35.1 Å². The molecule has 0 aromatic heterocycles. The van der Waals surface area contributed by atoms with Gasteiger partial charge >= 0.3 is 0 Å². The molecule has 106 heavy (non-hydrogen) atoms. The van der Waals surface area contributed by atoms with Crippen LogP contribution in [0.2, 0.25) is 36.3 Å². The van der Waals surface area contributed by atoms with E-state index in [-0.39, 0.29) is 78.4 Å². The lowest BCUT2D eigenvalue weighted by atomic mass is 9.81. The molecule has 0 aliphatic carbocycles. The highest BCUT2D eigenvalue weighted by Gasteiger charge is 2.40. The number of hydrogen-bond acceptors (Lipinski definition) is 6. The van der Waals surface area contributed by atoms with Crippen molar-refractivity contribution < 1.29 is 62.9 Å². The predicted molar refractivity (Wildman–Crippen MR) is 427 cm³/mol. The monoisotopic (exact) mass is 1540 g/mol. The first-order chi connectivity index (χ1) is 48.9. The molecular weight excluding hydrogens is 1430 g/mol. The van der Waals surface area contributed by atoms with Gasteiger partial charge in [0.05, 0.1) is 37.6 Å². The van der Waals surface area contributed by atoms with Gasteiger partial charge in [-0.3, -0.25) is 0 Å². The number of hydrogen-bond donors (Lipinski definition) is 0. The van der Waals surface area contributed by atoms with Crippen molar-refractivity contribution in [2.45, 2.75) is 210 Å². The molecule has 18 heteroatoms. The van der Waals surface area contributed by atoms with Crippen molar-refractivity contribution in [1.82, 2.24) is 0 Å². The van der Waals surface area contributed by atoms with Crippen molar-refractivity contribution in [3.05, 3.63) is 237 Å². The van der Waals surface area contributed by atoms with Gasteiger partial charge in [0, 0.05) is 62.5 Å². The minimum Gasteiger partial charge on any atom is -0.413 e. The molecule has 0 N–H and O–H groups in total. The zero-order chi connectivity index (χ0) is 80.2. The summed E-state index contributed by atoms with van der Waals surface area (Å²) < 4.78 is 149. The molecule has 0 spiro atoms. The van der Waals surface area contributed by atoms with Crippen LogP contribution in [0, 0.1) is 68.2 Å². The third kappa shape index (κ3) is 24.0. The van der Waals surface area contributed by atoms with E-state index in [9.17, 15) is 35.1 Å². The molecule has 6 nitrogen and oxygen atoms in total. The second-order valence-electron chi connectivity index (χ2n) is 34.5. The third-order valence-electron chi connectivity index (χ3n) is 19.7. The third-order valence-corrected chi connectivity index (χ3v) is 29.3. The first kappa shape index (κ1) is 90.6. The van der Waals surface area contributed by atoms with Crippen LogP contribution in [0.1, 0.15) is 194 Å². The Bertz CT molecular complexity index is 3950. The van der Waals surface area contributed by atoms with Crippen molar-refractivity contribution >= 4 is 39.8 Å². The molecule has 8 aromatic rings. The van der Waals surface area contributed by atoms with Gasteiger partial charge in [-0.2, -0.15) is 0 Å². The average molecular weight is 1550 g/mol. The van der Waals surface area contributed by atoms with E-state index >= 15 is 0 Å². The molecule has 0 bridgehead atoms. The summed E-state index contributed by atoms with van der Waals surface area (Å²) in [6, 6.07) is 36.7. The molecule has 4 atom stereocenters. The van der Waals surface area contributed by atoms with Crippen LogP contribution >= 0.6 is 23.2 Å². The first-order valence-corrected chi connectivity index (χ1v) is 42.6. The topological polar surface area (TPSA) is 55.4 Å². The Hall–Kier alpha value is -6.03. The molecule has 0 unspecified atom stereocenters. The van der Waals surface area contributed by atoms with Crippen LogP contribution in [0.4, 0.5) is 35.1 Å². The number of methoxy groups -OCH3 is 4. The van der Waals surface area contributed by atoms with Crippen molar-refractivity contribution in [2.75, 3.05) is 28.4 Å². The molecule has 0 fully saturated rings. The van der Waals surface area contributed by atoms with Crippen molar-refractivity contribution in [1.29, 1.82) is 0 Å². The Morgan fingerprint density at radius 2 is 0.481 bits per heavy atom. The molecule has 0 radical (unpaired) electrons. The normalized spacial score (nSPS) is 13.7. The Labute approximate surface area is 640 Å². The molecule has 0 heterocycles. The van der Waals surface area contributed by atoms with E-state index in [1.165, 1.54) is 36.4 Å². The fraction of sp³-hybridized carbons (Fsp3) is 0.455. The van der Waals surface area contributed by atoms with E-state index in [4.69, 9.17) is 51.0 Å². The molecule has 580 valence electrons. The van der Waals surface area contributed by atoms with Crippen molar-refractivity contribution in [3.8, 4) is 44.5 Å². The van der Waals surface area contributed by atoms with Crippen LogP contribution in [0.3, 0.4) is 0 Å². The summed E-state index contributed by atoms with van der Waals surface area (Å²) in [5.74, 6) is -3.01. The van der Waals surface area contributed by atoms with Crippen molar-refractivity contribution in [3.63, 3.8) is 0 Å². The van der Waals surface area contributed by atoms with Crippen LogP contribution in [-0.2, 0) is 52.8 Å². The Balaban J connectivity index is 0.000000256. The van der Waals surface area contributed by atoms with Gasteiger partial charge in [0.25, 0.3) is 0 Å². The van der Waals surface area contributed by atoms with E-state index in [0.29, 0.717) is 47.2 Å². The van der Waals surface area contributed by atoms with Crippen LogP contribution < -0.4 is 0 Å². The maximum absolute atomic E-state index is 14.6. The van der Waals surface area contributed by atoms with E-state index in [2.05, 4.69) is 109 Å². The summed E-state index contributed by atoms with van der Waals surface area (Å²) in [7, 11) is 2.72. The number of alkyl halides is 2. The summed E-state index contributed by atoms with van der Waals surface area (Å²) in [5.41, 5.74) is 9.72. The summed E-state index contributed by atoms with van der Waals surface area (Å²) >= 11 is 11.9. The number of ether oxygens (including phenoxy) is 4. The van der Waals surface area contributed by atoms with Gasteiger partial charge in [0.2, 0.25) is 0 Å². The average Bonchev–Trinajstić information content (AvgIpc) is 0.799. The lowest BCUT2D eigenvalue weighted by Gasteiger charge is -2.36. The highest BCUT2D eigenvalue weighted by Crippen LogP contribution is 2.48. The molecular formula is C88H114Cl2F8O6Si2. The SMILES string of the molecule is CO[C@@H](c1cc(CCl)ccc1-c1cc(F)ccc1F)C(C)(C)C.CO[C@@H](c1cc(CO[Si](C)(C)C(C)(C)C)ccc1-c1cc(F)ccc1F)C(C)(C)C.CO[C@H](c1cc(CCl)ccc1-c1cc(F)ccc1F)C(C)(C)C.CO[C@H](c1cc(CO[Si](C)(C)C(C)(C)C)ccc1-c1cc(F)ccc1F)C(C)(C)C. The maximum atomic E-state index is 14.6. The molecule has 0 saturated heterocycles. The second-order valence-corrected chi connectivity index (χ2v) is 44.6. The van der Waals surface area contributed by atoms with E-state index in [1.54, 1.807) is 40.6 Å². The summed E-state index contributed by atoms with van der Waals surface area (Å²) in [6.07, 6.45) is -1.13. The lowest BCUT2D eigenvalue weighted by molar-refractivity contribution is 0.0155. The van der Waals surface area contributed by atoms with Gasteiger partial charge in [0.15, 0.2) is 16.6 Å². The number of rotatable bonds is 20. The molecule has 0 saturated carbocycles. The fourth-order valence-corrected chi connectivity index (χ4v) is 14.5.